The lowest BCUT2D eigenvalue weighted by Gasteiger charge is -2.28. The van der Waals surface area contributed by atoms with E-state index in [1.807, 2.05) is 6.08 Å². The Morgan fingerprint density at radius 1 is 0.826 bits per heavy atom. The van der Waals surface area contributed by atoms with Gasteiger partial charge in [0.25, 0.3) is 0 Å². The van der Waals surface area contributed by atoms with Crippen LogP contribution in [0.1, 0.15) is 70.4 Å². The molecular weight excluding hydrogens is 410 g/mol. The van der Waals surface area contributed by atoms with Gasteiger partial charge in [0.2, 0.25) is 0 Å². The molecule has 1 rings (SSSR count). The Labute approximate surface area is 162 Å². The molecule has 0 unspecified atom stereocenters. The van der Waals surface area contributed by atoms with Crippen molar-refractivity contribution in [3.63, 3.8) is 0 Å². The Morgan fingerprint density at radius 3 is 1.61 bits per heavy atom. The zero-order valence-corrected chi connectivity index (χ0v) is 18.5. The lowest BCUT2D eigenvalue weighted by Crippen LogP contribution is -3.00. The smallest absolute Gasteiger partial charge is 0.0842 e. The van der Waals surface area contributed by atoms with Crippen LogP contribution in [0.5, 0.6) is 0 Å². The first kappa shape index (κ1) is 23.1. The van der Waals surface area contributed by atoms with E-state index in [1.165, 1.54) is 68.7 Å². The number of hydrogen-bond donors (Lipinski definition) is 0. The van der Waals surface area contributed by atoms with E-state index in [-0.39, 0.29) is 24.0 Å². The summed E-state index contributed by atoms with van der Waals surface area (Å²) in [6.45, 7) is 10.9. The van der Waals surface area contributed by atoms with E-state index in [0.29, 0.717) is 0 Å². The third-order valence-corrected chi connectivity index (χ3v) is 9.52. The molecule has 23 heavy (non-hydrogen) atoms. The highest BCUT2D eigenvalue weighted by Gasteiger charge is 2.35. The minimum Gasteiger partial charge on any atom is -1.00 e. The molecule has 0 aliphatic heterocycles. The van der Waals surface area contributed by atoms with Crippen LogP contribution in [0, 0.1) is 0 Å². The van der Waals surface area contributed by atoms with Gasteiger partial charge in [-0.25, -0.2) is 0 Å². The highest BCUT2D eigenvalue weighted by Crippen LogP contribution is 2.63. The highest BCUT2D eigenvalue weighted by atomic mass is 127. The van der Waals surface area contributed by atoms with Crippen LogP contribution in [0.4, 0.5) is 0 Å². The Hall–Kier alpha value is 0.120. The molecular formula is C21H36IP. The lowest BCUT2D eigenvalue weighted by atomic mass is 10.1. The number of benzene rings is 1. The van der Waals surface area contributed by atoms with E-state index >= 15 is 0 Å². The van der Waals surface area contributed by atoms with Gasteiger partial charge in [0, 0.05) is 7.26 Å². The molecule has 0 aromatic heterocycles. The summed E-state index contributed by atoms with van der Waals surface area (Å²) in [5.41, 5.74) is 2.80. The van der Waals surface area contributed by atoms with Gasteiger partial charge in [-0.2, -0.15) is 0 Å². The molecule has 1 aromatic rings. The van der Waals surface area contributed by atoms with E-state index in [2.05, 4.69) is 51.6 Å². The maximum atomic E-state index is 3.86. The van der Waals surface area contributed by atoms with Crippen LogP contribution in [0.15, 0.2) is 30.8 Å². The Morgan fingerprint density at radius 2 is 1.26 bits per heavy atom. The van der Waals surface area contributed by atoms with Crippen molar-refractivity contribution in [2.24, 2.45) is 0 Å². The minimum absolute atomic E-state index is 0. The van der Waals surface area contributed by atoms with Crippen LogP contribution in [0.25, 0.3) is 6.08 Å². The molecule has 0 fully saturated rings. The van der Waals surface area contributed by atoms with Crippen molar-refractivity contribution in [2.45, 2.75) is 65.5 Å². The molecule has 0 saturated heterocycles. The van der Waals surface area contributed by atoms with Crippen molar-refractivity contribution in [3.05, 3.63) is 42.0 Å². The van der Waals surface area contributed by atoms with Crippen molar-refractivity contribution in [3.8, 4) is 0 Å². The largest absolute Gasteiger partial charge is 1.00 e. The predicted octanol–water partition coefficient (Wildman–Crippen LogP) is 4.25. The van der Waals surface area contributed by atoms with Gasteiger partial charge in [-0.3, -0.25) is 0 Å². The second kappa shape index (κ2) is 13.4. The summed E-state index contributed by atoms with van der Waals surface area (Å²) in [7, 11) is -0.817. The Bertz CT molecular complexity index is 389. The average Bonchev–Trinajstić information content (AvgIpc) is 2.56. The van der Waals surface area contributed by atoms with Crippen molar-refractivity contribution < 1.29 is 24.0 Å². The molecule has 0 bridgehead atoms. The normalized spacial score (nSPS) is 11.1. The molecule has 2 heteroatoms. The number of rotatable bonds is 12. The fourth-order valence-electron chi connectivity index (χ4n) is 3.20. The first-order chi connectivity index (χ1) is 10.7. The minimum atomic E-state index is -0.817. The number of halogens is 1. The van der Waals surface area contributed by atoms with Crippen LogP contribution in [-0.2, 0) is 6.16 Å². The fraction of sp³-hybridized carbons (Fsp3) is 0.619. The summed E-state index contributed by atoms with van der Waals surface area (Å²) in [5, 5.41) is 0. The third kappa shape index (κ3) is 8.68. The SMILES string of the molecule is C=Cc1ccc(C[P+](CCCC)(CCCC)CCCC)cc1.[I-]. The van der Waals surface area contributed by atoms with Crippen LogP contribution in [-0.4, -0.2) is 18.5 Å². The molecule has 1 aromatic carbocycles. The van der Waals surface area contributed by atoms with Crippen molar-refractivity contribution >= 4 is 13.3 Å². The Kier molecular flexibility index (Phi) is 13.5. The van der Waals surface area contributed by atoms with Crippen molar-refractivity contribution in [1.29, 1.82) is 0 Å². The van der Waals surface area contributed by atoms with E-state index in [9.17, 15) is 0 Å². The second-order valence-electron chi connectivity index (χ2n) is 6.68. The van der Waals surface area contributed by atoms with Crippen LogP contribution >= 0.6 is 7.26 Å². The molecule has 0 N–H and O–H groups in total. The maximum absolute atomic E-state index is 3.86. The zero-order chi connectivity index (χ0) is 16.3. The molecule has 132 valence electrons. The molecule has 0 aliphatic rings. The molecule has 0 heterocycles. The van der Waals surface area contributed by atoms with Crippen LogP contribution in [0.2, 0.25) is 0 Å². The number of unbranched alkanes of at least 4 members (excludes halogenated alkanes) is 3. The quantitative estimate of drug-likeness (QED) is 0.333. The van der Waals surface area contributed by atoms with E-state index in [4.69, 9.17) is 0 Å². The average molecular weight is 446 g/mol. The maximum Gasteiger partial charge on any atom is 0.0842 e. The van der Waals surface area contributed by atoms with Gasteiger partial charge in [0.05, 0.1) is 24.6 Å². The predicted molar refractivity (Wildman–Crippen MR) is 106 cm³/mol. The first-order valence-corrected chi connectivity index (χ1v) is 11.8. The van der Waals surface area contributed by atoms with Gasteiger partial charge in [-0.15, -0.1) is 0 Å². The van der Waals surface area contributed by atoms with Gasteiger partial charge in [0.1, 0.15) is 0 Å². The summed E-state index contributed by atoms with van der Waals surface area (Å²) in [6.07, 6.45) is 16.1. The van der Waals surface area contributed by atoms with Gasteiger partial charge < -0.3 is 24.0 Å². The van der Waals surface area contributed by atoms with E-state index < -0.39 is 7.26 Å². The summed E-state index contributed by atoms with van der Waals surface area (Å²) < 4.78 is 0. The molecule has 0 saturated carbocycles. The van der Waals surface area contributed by atoms with Crippen molar-refractivity contribution in [1.82, 2.24) is 0 Å². The van der Waals surface area contributed by atoms with Gasteiger partial charge in [-0.05, 0) is 30.4 Å². The first-order valence-electron chi connectivity index (χ1n) is 9.26. The number of hydrogen-bond acceptors (Lipinski definition) is 0. The molecule has 0 radical (unpaired) electrons. The summed E-state index contributed by atoms with van der Waals surface area (Å²) in [6, 6.07) is 9.15. The standard InChI is InChI=1S/C21H36P.HI/c1-5-9-16-22(17-10-6-2,18-11-7-3)19-21-14-12-20(8-4)13-15-21;/h8,12-15H,4-7,9-11,16-19H2,1-3H3;1H/q+1;/p-1. The second-order valence-corrected chi connectivity index (χ2v) is 11.0. The van der Waals surface area contributed by atoms with E-state index in [0.717, 1.165) is 0 Å². The molecule has 0 nitrogen and oxygen atoms in total. The molecule has 0 spiro atoms. The van der Waals surface area contributed by atoms with Crippen molar-refractivity contribution in [2.75, 3.05) is 18.5 Å². The summed E-state index contributed by atoms with van der Waals surface area (Å²) in [4.78, 5) is 0. The van der Waals surface area contributed by atoms with Gasteiger partial charge >= 0.3 is 0 Å². The molecule has 0 atom stereocenters. The molecule has 0 aliphatic carbocycles. The Balaban J connectivity index is 0.00000484. The van der Waals surface area contributed by atoms with Gasteiger partial charge in [-0.1, -0.05) is 77.0 Å². The monoisotopic (exact) mass is 446 g/mol. The fourth-order valence-corrected chi connectivity index (χ4v) is 8.29. The highest BCUT2D eigenvalue weighted by molar-refractivity contribution is 7.75. The zero-order valence-electron chi connectivity index (χ0n) is 15.5. The van der Waals surface area contributed by atoms with Gasteiger partial charge in [0.15, 0.2) is 0 Å². The molecule has 0 amide bonds. The summed E-state index contributed by atoms with van der Waals surface area (Å²) in [5.74, 6) is 0. The topological polar surface area (TPSA) is 0 Å². The van der Waals surface area contributed by atoms with Crippen LogP contribution < -0.4 is 24.0 Å². The van der Waals surface area contributed by atoms with Crippen LogP contribution in [0.3, 0.4) is 0 Å². The lowest BCUT2D eigenvalue weighted by molar-refractivity contribution is -0.00000489. The van der Waals surface area contributed by atoms with E-state index in [1.54, 1.807) is 5.56 Å². The third-order valence-electron chi connectivity index (χ3n) is 4.69. The summed E-state index contributed by atoms with van der Waals surface area (Å²) >= 11 is 0.